The van der Waals surface area contributed by atoms with Crippen molar-refractivity contribution in [3.63, 3.8) is 0 Å². The van der Waals surface area contributed by atoms with E-state index >= 15 is 0 Å². The molecule has 0 bridgehead atoms. The minimum absolute atomic E-state index is 0.286. The van der Waals surface area contributed by atoms with Crippen molar-refractivity contribution in [1.29, 1.82) is 0 Å². The third kappa shape index (κ3) is 4.30. The smallest absolute Gasteiger partial charge is 0.307 e. The predicted molar refractivity (Wildman–Crippen MR) is 44.3 cm³/mol. The van der Waals surface area contributed by atoms with Crippen LogP contribution in [0.15, 0.2) is 0 Å². The SMILES string of the molecule is CCNS(=O)(=O)CC(C)C(=O)O. The first-order valence-electron chi connectivity index (χ1n) is 3.59. The van der Waals surface area contributed by atoms with E-state index in [-0.39, 0.29) is 12.3 Å². The number of carboxylic acids is 1. The zero-order valence-electron chi connectivity index (χ0n) is 7.07. The van der Waals surface area contributed by atoms with Crippen molar-refractivity contribution in [2.45, 2.75) is 13.8 Å². The number of aliphatic carboxylic acids is 1. The highest BCUT2D eigenvalue weighted by molar-refractivity contribution is 7.89. The van der Waals surface area contributed by atoms with Gasteiger partial charge in [-0.3, -0.25) is 4.79 Å². The second-order valence-corrected chi connectivity index (χ2v) is 4.37. The van der Waals surface area contributed by atoms with E-state index in [1.807, 2.05) is 0 Å². The van der Waals surface area contributed by atoms with E-state index in [4.69, 9.17) is 5.11 Å². The van der Waals surface area contributed by atoms with Gasteiger partial charge < -0.3 is 5.11 Å². The molecule has 0 aliphatic rings. The van der Waals surface area contributed by atoms with Crippen molar-refractivity contribution in [2.24, 2.45) is 5.92 Å². The Morgan fingerprint density at radius 2 is 2.08 bits per heavy atom. The fourth-order valence-corrected chi connectivity index (χ4v) is 2.04. The van der Waals surface area contributed by atoms with Gasteiger partial charge in [0.25, 0.3) is 0 Å². The van der Waals surface area contributed by atoms with Crippen LogP contribution >= 0.6 is 0 Å². The Kier molecular flexibility index (Phi) is 4.19. The minimum Gasteiger partial charge on any atom is -0.481 e. The van der Waals surface area contributed by atoms with Crippen LogP contribution < -0.4 is 4.72 Å². The van der Waals surface area contributed by atoms with E-state index in [9.17, 15) is 13.2 Å². The summed E-state index contributed by atoms with van der Waals surface area (Å²) < 4.78 is 24.2. The first-order valence-corrected chi connectivity index (χ1v) is 5.24. The van der Waals surface area contributed by atoms with E-state index in [1.165, 1.54) is 6.92 Å². The molecule has 5 nitrogen and oxygen atoms in total. The summed E-state index contributed by atoms with van der Waals surface area (Å²) in [4.78, 5) is 10.3. The van der Waals surface area contributed by atoms with Gasteiger partial charge in [-0.05, 0) is 0 Å². The van der Waals surface area contributed by atoms with Gasteiger partial charge in [-0.25, -0.2) is 13.1 Å². The van der Waals surface area contributed by atoms with Crippen LogP contribution in [0.2, 0.25) is 0 Å². The maximum atomic E-state index is 11.0. The Balaban J connectivity index is 4.16. The van der Waals surface area contributed by atoms with Gasteiger partial charge in [-0.1, -0.05) is 13.8 Å². The lowest BCUT2D eigenvalue weighted by atomic mass is 10.2. The van der Waals surface area contributed by atoms with E-state index in [1.54, 1.807) is 6.92 Å². The third-order valence-electron chi connectivity index (χ3n) is 1.26. The predicted octanol–water partition coefficient (Wildman–Crippen LogP) is -0.354. The van der Waals surface area contributed by atoms with Crippen molar-refractivity contribution in [2.75, 3.05) is 12.3 Å². The molecule has 0 aliphatic carbocycles. The normalized spacial score (nSPS) is 14.2. The van der Waals surface area contributed by atoms with Gasteiger partial charge in [0, 0.05) is 6.54 Å². The fourth-order valence-electron chi connectivity index (χ4n) is 0.679. The van der Waals surface area contributed by atoms with Gasteiger partial charge in [0.05, 0.1) is 11.7 Å². The summed E-state index contributed by atoms with van der Waals surface area (Å²) in [5.41, 5.74) is 0. The number of sulfonamides is 1. The average molecular weight is 195 g/mol. The minimum atomic E-state index is -3.41. The van der Waals surface area contributed by atoms with Crippen LogP contribution in [0.1, 0.15) is 13.8 Å². The first kappa shape index (κ1) is 11.4. The molecule has 72 valence electrons. The zero-order valence-corrected chi connectivity index (χ0v) is 7.89. The molecule has 0 aromatic rings. The highest BCUT2D eigenvalue weighted by Crippen LogP contribution is 1.98. The largest absolute Gasteiger partial charge is 0.481 e. The van der Waals surface area contributed by atoms with Crippen LogP contribution in [-0.4, -0.2) is 31.8 Å². The molecular weight excluding hydrogens is 182 g/mol. The van der Waals surface area contributed by atoms with Crippen molar-refractivity contribution in [3.8, 4) is 0 Å². The van der Waals surface area contributed by atoms with Crippen LogP contribution in [-0.2, 0) is 14.8 Å². The third-order valence-corrected chi connectivity index (χ3v) is 2.92. The Bertz CT molecular complexity index is 246. The van der Waals surface area contributed by atoms with E-state index < -0.39 is 21.9 Å². The molecule has 0 heterocycles. The van der Waals surface area contributed by atoms with E-state index in [0.29, 0.717) is 0 Å². The molecule has 0 radical (unpaired) electrons. The molecule has 0 rings (SSSR count). The lowest BCUT2D eigenvalue weighted by molar-refractivity contribution is -0.140. The Hall–Kier alpha value is -0.620. The second kappa shape index (κ2) is 4.42. The zero-order chi connectivity index (χ0) is 9.78. The van der Waals surface area contributed by atoms with Crippen LogP contribution in [0, 0.1) is 5.92 Å². The molecule has 6 heteroatoms. The number of carbonyl (C=O) groups is 1. The highest BCUT2D eigenvalue weighted by Gasteiger charge is 2.19. The highest BCUT2D eigenvalue weighted by atomic mass is 32.2. The molecule has 2 N–H and O–H groups in total. The maximum absolute atomic E-state index is 11.0. The van der Waals surface area contributed by atoms with Crippen LogP contribution in [0.4, 0.5) is 0 Å². The van der Waals surface area contributed by atoms with Gasteiger partial charge in [0.15, 0.2) is 0 Å². The van der Waals surface area contributed by atoms with Crippen LogP contribution in [0.25, 0.3) is 0 Å². The fraction of sp³-hybridized carbons (Fsp3) is 0.833. The van der Waals surface area contributed by atoms with Crippen molar-refractivity contribution in [1.82, 2.24) is 4.72 Å². The number of hydrogen-bond acceptors (Lipinski definition) is 3. The Labute approximate surface area is 71.8 Å². The molecule has 1 atom stereocenters. The molecular formula is C6H13NO4S. The standard InChI is InChI=1S/C6H13NO4S/c1-3-7-12(10,11)4-5(2)6(8)9/h5,7H,3-4H2,1-2H3,(H,8,9). The van der Waals surface area contributed by atoms with Gasteiger partial charge in [0.1, 0.15) is 0 Å². The Morgan fingerprint density at radius 1 is 1.58 bits per heavy atom. The molecule has 0 fully saturated rings. The number of hydrogen-bond donors (Lipinski definition) is 2. The second-order valence-electron chi connectivity index (χ2n) is 2.52. The number of carboxylic acid groups (broad SMARTS) is 1. The molecule has 0 aromatic carbocycles. The summed E-state index contributed by atoms with van der Waals surface area (Å²) >= 11 is 0. The summed E-state index contributed by atoms with van der Waals surface area (Å²) in [6.45, 7) is 3.29. The van der Waals surface area contributed by atoms with Gasteiger partial charge in [-0.2, -0.15) is 0 Å². The Morgan fingerprint density at radius 3 is 2.42 bits per heavy atom. The monoisotopic (exact) mass is 195 g/mol. The lowest BCUT2D eigenvalue weighted by Gasteiger charge is -2.06. The molecule has 0 spiro atoms. The molecule has 0 saturated carbocycles. The molecule has 1 unspecified atom stereocenters. The average Bonchev–Trinajstić information content (AvgIpc) is 1.85. The van der Waals surface area contributed by atoms with E-state index in [2.05, 4.69) is 4.72 Å². The van der Waals surface area contributed by atoms with Crippen LogP contribution in [0.5, 0.6) is 0 Å². The molecule has 0 amide bonds. The number of rotatable bonds is 5. The molecule has 12 heavy (non-hydrogen) atoms. The number of nitrogens with one attached hydrogen (secondary N) is 1. The molecule has 0 aliphatic heterocycles. The molecule has 0 saturated heterocycles. The topological polar surface area (TPSA) is 83.5 Å². The van der Waals surface area contributed by atoms with Crippen molar-refractivity contribution < 1.29 is 18.3 Å². The summed E-state index contributed by atoms with van der Waals surface area (Å²) in [6, 6.07) is 0. The lowest BCUT2D eigenvalue weighted by Crippen LogP contribution is -2.31. The van der Waals surface area contributed by atoms with E-state index in [0.717, 1.165) is 0 Å². The van der Waals surface area contributed by atoms with Gasteiger partial charge >= 0.3 is 5.97 Å². The summed E-state index contributed by atoms with van der Waals surface area (Å²) in [6.07, 6.45) is 0. The van der Waals surface area contributed by atoms with Crippen molar-refractivity contribution in [3.05, 3.63) is 0 Å². The molecule has 0 aromatic heterocycles. The summed E-state index contributed by atoms with van der Waals surface area (Å²) in [5, 5.41) is 8.42. The maximum Gasteiger partial charge on any atom is 0.307 e. The first-order chi connectivity index (χ1) is 5.39. The summed E-state index contributed by atoms with van der Waals surface area (Å²) in [7, 11) is -3.41. The van der Waals surface area contributed by atoms with Crippen LogP contribution in [0.3, 0.4) is 0 Å². The quantitative estimate of drug-likeness (QED) is 0.628. The van der Waals surface area contributed by atoms with Crippen molar-refractivity contribution >= 4 is 16.0 Å². The van der Waals surface area contributed by atoms with Gasteiger partial charge in [0.2, 0.25) is 10.0 Å². The summed E-state index contributed by atoms with van der Waals surface area (Å²) in [5.74, 6) is -2.33. The van der Waals surface area contributed by atoms with Gasteiger partial charge in [-0.15, -0.1) is 0 Å².